The zero-order valence-corrected chi connectivity index (χ0v) is 15.5. The Morgan fingerprint density at radius 3 is 2.40 bits per heavy atom. The van der Waals surface area contributed by atoms with E-state index in [2.05, 4.69) is 84.6 Å². The molecule has 20 heavy (non-hydrogen) atoms. The van der Waals surface area contributed by atoms with Crippen LogP contribution in [0.15, 0.2) is 4.47 Å². The van der Waals surface area contributed by atoms with Crippen LogP contribution in [-0.2, 0) is 13.0 Å². The van der Waals surface area contributed by atoms with Crippen molar-refractivity contribution in [2.45, 2.75) is 59.2 Å². The summed E-state index contributed by atoms with van der Waals surface area (Å²) in [5.41, 5.74) is 2.43. The first-order chi connectivity index (χ1) is 9.25. The van der Waals surface area contributed by atoms with Gasteiger partial charge in [-0.05, 0) is 64.3 Å². The van der Waals surface area contributed by atoms with E-state index in [9.17, 15) is 0 Å². The van der Waals surface area contributed by atoms with E-state index in [4.69, 9.17) is 0 Å². The molecule has 1 unspecified atom stereocenters. The second-order valence-corrected chi connectivity index (χ2v) is 6.82. The molecule has 0 radical (unpaired) electrons. The number of hydrogen-bond acceptors (Lipinski definition) is 3. The number of nitrogens with zero attached hydrogens (tertiary/aromatic N) is 3. The number of halogens is 1. The third kappa shape index (κ3) is 3.62. The Balaban J connectivity index is 3.08. The third-order valence-corrected chi connectivity index (χ3v) is 5.34. The Morgan fingerprint density at radius 1 is 1.35 bits per heavy atom. The molecule has 1 aromatic rings. The molecular weight excluding hydrogens is 316 g/mol. The van der Waals surface area contributed by atoms with Crippen molar-refractivity contribution in [2.75, 3.05) is 20.6 Å². The Morgan fingerprint density at radius 2 is 1.95 bits per heavy atom. The van der Waals surface area contributed by atoms with Gasteiger partial charge in [0.05, 0.1) is 15.9 Å². The maximum Gasteiger partial charge on any atom is 0.0738 e. The first-order valence-corrected chi connectivity index (χ1v) is 8.17. The van der Waals surface area contributed by atoms with Gasteiger partial charge in [-0.2, -0.15) is 5.10 Å². The lowest BCUT2D eigenvalue weighted by molar-refractivity contribution is 0.137. The van der Waals surface area contributed by atoms with Crippen LogP contribution in [0.1, 0.15) is 39.1 Å². The Labute approximate surface area is 132 Å². The zero-order valence-electron chi connectivity index (χ0n) is 13.9. The van der Waals surface area contributed by atoms with Crippen LogP contribution in [-0.4, -0.2) is 46.9 Å². The smallest absolute Gasteiger partial charge is 0.0738 e. The number of aromatic nitrogens is 2. The van der Waals surface area contributed by atoms with Crippen molar-refractivity contribution in [3.63, 3.8) is 0 Å². The summed E-state index contributed by atoms with van der Waals surface area (Å²) in [6.07, 6.45) is 0.967. The maximum absolute atomic E-state index is 4.60. The average Bonchev–Trinajstić information content (AvgIpc) is 2.65. The van der Waals surface area contributed by atoms with E-state index in [0.717, 1.165) is 29.7 Å². The van der Waals surface area contributed by atoms with Gasteiger partial charge < -0.3 is 10.2 Å². The predicted octanol–water partition coefficient (Wildman–Crippen LogP) is 2.83. The van der Waals surface area contributed by atoms with Gasteiger partial charge in [0.1, 0.15) is 0 Å². The van der Waals surface area contributed by atoms with Gasteiger partial charge >= 0.3 is 0 Å². The molecule has 0 saturated carbocycles. The fourth-order valence-electron chi connectivity index (χ4n) is 2.39. The molecule has 1 rings (SSSR count). The minimum absolute atomic E-state index is 0.0756. The van der Waals surface area contributed by atoms with Crippen LogP contribution in [0.25, 0.3) is 0 Å². The van der Waals surface area contributed by atoms with E-state index < -0.39 is 0 Å². The number of likely N-dealkylation sites (N-methyl/N-ethyl adjacent to an activating group) is 2. The summed E-state index contributed by atoms with van der Waals surface area (Å²) >= 11 is 3.70. The molecule has 0 aliphatic carbocycles. The molecule has 0 bridgehead atoms. The van der Waals surface area contributed by atoms with E-state index in [1.807, 2.05) is 0 Å². The molecule has 1 aromatic heterocycles. The first-order valence-electron chi connectivity index (χ1n) is 7.38. The van der Waals surface area contributed by atoms with Crippen molar-refractivity contribution in [2.24, 2.45) is 0 Å². The van der Waals surface area contributed by atoms with Gasteiger partial charge in [0, 0.05) is 24.5 Å². The van der Waals surface area contributed by atoms with Crippen LogP contribution in [0.4, 0.5) is 0 Å². The molecule has 0 aliphatic rings. The fraction of sp³-hybridized carbons (Fsp3) is 0.800. The van der Waals surface area contributed by atoms with Crippen molar-refractivity contribution < 1.29 is 0 Å². The van der Waals surface area contributed by atoms with E-state index in [-0.39, 0.29) is 5.54 Å². The lowest BCUT2D eigenvalue weighted by Crippen LogP contribution is -2.56. The summed E-state index contributed by atoms with van der Waals surface area (Å²) in [6, 6.07) is 0.375. The molecule has 5 heteroatoms. The van der Waals surface area contributed by atoms with Crippen molar-refractivity contribution >= 4 is 15.9 Å². The zero-order chi connectivity index (χ0) is 15.5. The van der Waals surface area contributed by atoms with Crippen LogP contribution < -0.4 is 5.32 Å². The van der Waals surface area contributed by atoms with Crippen molar-refractivity contribution in [3.05, 3.63) is 15.9 Å². The second-order valence-electron chi connectivity index (χ2n) is 6.02. The molecule has 0 aromatic carbocycles. The van der Waals surface area contributed by atoms with Gasteiger partial charge in [-0.1, -0.05) is 6.92 Å². The highest BCUT2D eigenvalue weighted by atomic mass is 79.9. The topological polar surface area (TPSA) is 33.1 Å². The fourth-order valence-corrected chi connectivity index (χ4v) is 2.83. The molecular formula is C15H29BrN4. The van der Waals surface area contributed by atoms with Gasteiger partial charge in [-0.15, -0.1) is 0 Å². The van der Waals surface area contributed by atoms with Gasteiger partial charge in [0.25, 0.3) is 0 Å². The highest BCUT2D eigenvalue weighted by Gasteiger charge is 2.32. The van der Waals surface area contributed by atoms with Crippen LogP contribution in [0.2, 0.25) is 0 Å². The van der Waals surface area contributed by atoms with Gasteiger partial charge in [0.2, 0.25) is 0 Å². The summed E-state index contributed by atoms with van der Waals surface area (Å²) in [4.78, 5) is 2.29. The SMILES string of the molecule is CCNC(Cc1c(Br)c(C)nn1CC)C(C)(C)N(C)C. The summed E-state index contributed by atoms with van der Waals surface area (Å²) < 4.78 is 3.26. The molecule has 1 N–H and O–H groups in total. The predicted molar refractivity (Wildman–Crippen MR) is 89.3 cm³/mol. The summed E-state index contributed by atoms with van der Waals surface area (Å²) in [6.45, 7) is 12.8. The van der Waals surface area contributed by atoms with E-state index >= 15 is 0 Å². The second kappa shape index (κ2) is 7.05. The maximum atomic E-state index is 4.60. The number of hydrogen-bond donors (Lipinski definition) is 1. The quantitative estimate of drug-likeness (QED) is 0.825. The highest BCUT2D eigenvalue weighted by molar-refractivity contribution is 9.10. The van der Waals surface area contributed by atoms with Crippen molar-refractivity contribution in [3.8, 4) is 0 Å². The summed E-state index contributed by atoms with van der Waals surface area (Å²) in [7, 11) is 4.28. The number of rotatable bonds is 7. The van der Waals surface area contributed by atoms with Crippen LogP contribution >= 0.6 is 15.9 Å². The van der Waals surface area contributed by atoms with Gasteiger partial charge in [0.15, 0.2) is 0 Å². The minimum atomic E-state index is 0.0756. The van der Waals surface area contributed by atoms with Crippen LogP contribution in [0, 0.1) is 6.92 Å². The minimum Gasteiger partial charge on any atom is -0.312 e. The molecule has 0 spiro atoms. The highest BCUT2D eigenvalue weighted by Crippen LogP contribution is 2.26. The Kier molecular flexibility index (Phi) is 6.23. The van der Waals surface area contributed by atoms with Crippen LogP contribution in [0.5, 0.6) is 0 Å². The largest absolute Gasteiger partial charge is 0.312 e. The molecule has 4 nitrogen and oxygen atoms in total. The van der Waals surface area contributed by atoms with Gasteiger partial charge in [-0.25, -0.2) is 0 Å². The van der Waals surface area contributed by atoms with E-state index in [0.29, 0.717) is 6.04 Å². The van der Waals surface area contributed by atoms with Crippen molar-refractivity contribution in [1.82, 2.24) is 20.0 Å². The molecule has 1 atom stereocenters. The lowest BCUT2D eigenvalue weighted by Gasteiger charge is -2.40. The Bertz CT molecular complexity index is 437. The molecule has 0 fully saturated rings. The standard InChI is InChI=1S/C15H29BrN4/c1-8-17-13(15(4,5)19(6)7)10-12-14(16)11(3)18-20(12)9-2/h13,17H,8-10H2,1-7H3. The van der Waals surface area contributed by atoms with Crippen LogP contribution in [0.3, 0.4) is 0 Å². The summed E-state index contributed by atoms with van der Waals surface area (Å²) in [5, 5.41) is 8.23. The first kappa shape index (κ1) is 17.7. The summed E-state index contributed by atoms with van der Waals surface area (Å²) in [5.74, 6) is 0. The normalized spacial score (nSPS) is 14.1. The average molecular weight is 345 g/mol. The Hall–Kier alpha value is -0.390. The molecule has 0 saturated heterocycles. The molecule has 116 valence electrons. The number of nitrogens with one attached hydrogen (secondary N) is 1. The molecule has 0 aliphatic heterocycles. The van der Waals surface area contributed by atoms with Crippen molar-refractivity contribution in [1.29, 1.82) is 0 Å². The van der Waals surface area contributed by atoms with E-state index in [1.165, 1.54) is 5.69 Å². The molecule has 1 heterocycles. The third-order valence-electron chi connectivity index (χ3n) is 4.31. The monoisotopic (exact) mass is 344 g/mol. The lowest BCUT2D eigenvalue weighted by atomic mass is 9.89. The molecule has 0 amide bonds. The van der Waals surface area contributed by atoms with Gasteiger partial charge in [-0.3, -0.25) is 4.68 Å². The van der Waals surface area contributed by atoms with E-state index in [1.54, 1.807) is 0 Å². The number of aryl methyl sites for hydroxylation is 2.